The molecule has 1 aromatic carbocycles. The second kappa shape index (κ2) is 4.12. The molecular formula is C11H9F2NO3. The van der Waals surface area contributed by atoms with E-state index in [-0.39, 0.29) is 18.5 Å². The Bertz CT molecular complexity index is 469. The van der Waals surface area contributed by atoms with Gasteiger partial charge < -0.3 is 5.11 Å². The summed E-state index contributed by atoms with van der Waals surface area (Å²) in [7, 11) is 0. The molecule has 0 saturated carbocycles. The number of carbonyl (C=O) groups is 2. The number of carbonyl (C=O) groups excluding carboxylic acids is 1. The second-order valence-electron chi connectivity index (χ2n) is 3.78. The van der Waals surface area contributed by atoms with Crippen molar-refractivity contribution in [1.82, 2.24) is 0 Å². The van der Waals surface area contributed by atoms with Crippen LogP contribution in [0.4, 0.5) is 14.5 Å². The molecule has 4 nitrogen and oxygen atoms in total. The van der Waals surface area contributed by atoms with E-state index >= 15 is 0 Å². The zero-order chi connectivity index (χ0) is 12.6. The Morgan fingerprint density at radius 3 is 2.41 bits per heavy atom. The molecule has 1 aromatic rings. The van der Waals surface area contributed by atoms with Gasteiger partial charge in [-0.15, -0.1) is 0 Å². The van der Waals surface area contributed by atoms with E-state index in [0.717, 1.165) is 17.0 Å². The monoisotopic (exact) mass is 241 g/mol. The fourth-order valence-electron chi connectivity index (χ4n) is 1.92. The summed E-state index contributed by atoms with van der Waals surface area (Å²) in [5.74, 6) is -3.31. The summed E-state index contributed by atoms with van der Waals surface area (Å²) in [5.41, 5.74) is -0.0580. The molecule has 1 aliphatic rings. The summed E-state index contributed by atoms with van der Waals surface area (Å²) in [6.45, 7) is 0. The molecule has 1 heterocycles. The first kappa shape index (κ1) is 11.5. The van der Waals surface area contributed by atoms with Gasteiger partial charge in [0, 0.05) is 12.5 Å². The zero-order valence-corrected chi connectivity index (χ0v) is 8.69. The van der Waals surface area contributed by atoms with Gasteiger partial charge in [-0.05, 0) is 18.6 Å². The molecule has 90 valence electrons. The number of carboxylic acids is 1. The molecule has 1 N–H and O–H groups in total. The van der Waals surface area contributed by atoms with Crippen molar-refractivity contribution in [2.75, 3.05) is 4.90 Å². The van der Waals surface area contributed by atoms with Crippen molar-refractivity contribution in [2.24, 2.45) is 0 Å². The lowest BCUT2D eigenvalue weighted by molar-refractivity contribution is -0.138. The van der Waals surface area contributed by atoms with Crippen molar-refractivity contribution >= 4 is 17.6 Å². The molecule has 6 heteroatoms. The van der Waals surface area contributed by atoms with Gasteiger partial charge in [0.05, 0.1) is 5.69 Å². The van der Waals surface area contributed by atoms with Crippen molar-refractivity contribution in [3.63, 3.8) is 0 Å². The molecule has 1 amide bonds. The summed E-state index contributed by atoms with van der Waals surface area (Å²) in [6.07, 6.45) is 0.210. The standard InChI is InChI=1S/C11H9F2NO3/c12-6-3-7(13)5-8(4-6)14-9(11(16)17)1-2-10(14)15/h3-5,9H,1-2H2,(H,16,17)/t9-/m0/s1. The maximum absolute atomic E-state index is 13.0. The predicted octanol–water partition coefficient (Wildman–Crippen LogP) is 1.54. The summed E-state index contributed by atoms with van der Waals surface area (Å²) < 4.78 is 26.0. The van der Waals surface area contributed by atoms with Gasteiger partial charge in [0.25, 0.3) is 0 Å². The highest BCUT2D eigenvalue weighted by molar-refractivity contribution is 6.02. The van der Waals surface area contributed by atoms with Crippen molar-refractivity contribution < 1.29 is 23.5 Å². The van der Waals surface area contributed by atoms with Crippen molar-refractivity contribution in [3.05, 3.63) is 29.8 Å². The van der Waals surface area contributed by atoms with Gasteiger partial charge in [-0.2, -0.15) is 0 Å². The lowest BCUT2D eigenvalue weighted by atomic mass is 10.2. The smallest absolute Gasteiger partial charge is 0.326 e. The minimum absolute atomic E-state index is 0.0580. The van der Waals surface area contributed by atoms with Crippen LogP contribution < -0.4 is 4.90 Å². The van der Waals surface area contributed by atoms with Crippen LogP contribution in [0.5, 0.6) is 0 Å². The number of aliphatic carboxylic acids is 1. The minimum Gasteiger partial charge on any atom is -0.480 e. The summed E-state index contributed by atoms with van der Waals surface area (Å²) in [6, 6.07) is 1.51. The SMILES string of the molecule is O=C(O)[C@@H]1CCC(=O)N1c1cc(F)cc(F)c1. The van der Waals surface area contributed by atoms with Gasteiger partial charge in [0.15, 0.2) is 0 Å². The number of nitrogens with zero attached hydrogens (tertiary/aromatic N) is 1. The number of amides is 1. The molecule has 1 saturated heterocycles. The Morgan fingerprint density at radius 1 is 1.29 bits per heavy atom. The van der Waals surface area contributed by atoms with Gasteiger partial charge >= 0.3 is 5.97 Å². The lowest BCUT2D eigenvalue weighted by Crippen LogP contribution is -2.38. The highest BCUT2D eigenvalue weighted by atomic mass is 19.1. The fourth-order valence-corrected chi connectivity index (χ4v) is 1.92. The third-order valence-electron chi connectivity index (χ3n) is 2.62. The Balaban J connectivity index is 2.42. The molecule has 1 aliphatic heterocycles. The summed E-state index contributed by atoms with van der Waals surface area (Å²) in [5, 5.41) is 8.92. The number of rotatable bonds is 2. The van der Waals surface area contributed by atoms with Crippen LogP contribution in [0, 0.1) is 11.6 Å². The molecule has 0 unspecified atom stereocenters. The van der Waals surface area contributed by atoms with E-state index in [1.54, 1.807) is 0 Å². The molecule has 0 aromatic heterocycles. The van der Waals surface area contributed by atoms with E-state index in [4.69, 9.17) is 5.11 Å². The van der Waals surface area contributed by atoms with E-state index in [2.05, 4.69) is 0 Å². The lowest BCUT2D eigenvalue weighted by Gasteiger charge is -2.21. The van der Waals surface area contributed by atoms with Gasteiger partial charge in [-0.25, -0.2) is 13.6 Å². The Hall–Kier alpha value is -1.98. The van der Waals surface area contributed by atoms with Crippen molar-refractivity contribution in [3.8, 4) is 0 Å². The van der Waals surface area contributed by atoms with Crippen LogP contribution in [0.3, 0.4) is 0 Å². The Labute approximate surface area is 95.5 Å². The van der Waals surface area contributed by atoms with Crippen LogP contribution in [0.2, 0.25) is 0 Å². The highest BCUT2D eigenvalue weighted by Crippen LogP contribution is 2.28. The maximum Gasteiger partial charge on any atom is 0.326 e. The molecule has 17 heavy (non-hydrogen) atoms. The van der Waals surface area contributed by atoms with Gasteiger partial charge in [-0.3, -0.25) is 9.69 Å². The first-order chi connectivity index (χ1) is 7.99. The number of hydrogen-bond acceptors (Lipinski definition) is 2. The molecule has 0 spiro atoms. The van der Waals surface area contributed by atoms with Crippen LogP contribution in [0.15, 0.2) is 18.2 Å². The Kier molecular flexibility index (Phi) is 2.79. The van der Waals surface area contributed by atoms with Crippen molar-refractivity contribution in [2.45, 2.75) is 18.9 Å². The minimum atomic E-state index is -1.18. The van der Waals surface area contributed by atoms with E-state index in [0.29, 0.717) is 6.07 Å². The molecule has 1 atom stereocenters. The van der Waals surface area contributed by atoms with Gasteiger partial charge in [-0.1, -0.05) is 0 Å². The first-order valence-corrected chi connectivity index (χ1v) is 5.00. The molecule has 0 aliphatic carbocycles. The van der Waals surface area contributed by atoms with E-state index in [9.17, 15) is 18.4 Å². The number of halogens is 2. The van der Waals surface area contributed by atoms with Gasteiger partial charge in [0.2, 0.25) is 5.91 Å². The zero-order valence-electron chi connectivity index (χ0n) is 8.69. The van der Waals surface area contributed by atoms with Crippen LogP contribution in [0.1, 0.15) is 12.8 Å². The summed E-state index contributed by atoms with van der Waals surface area (Å²) in [4.78, 5) is 23.4. The van der Waals surface area contributed by atoms with Crippen LogP contribution in [-0.2, 0) is 9.59 Å². The van der Waals surface area contributed by atoms with E-state index < -0.39 is 29.6 Å². The number of anilines is 1. The maximum atomic E-state index is 13.0. The van der Waals surface area contributed by atoms with Crippen LogP contribution in [-0.4, -0.2) is 23.0 Å². The normalized spacial score (nSPS) is 19.8. The average Bonchev–Trinajstić information content (AvgIpc) is 2.58. The third kappa shape index (κ3) is 2.11. The van der Waals surface area contributed by atoms with Crippen LogP contribution >= 0.6 is 0 Å². The van der Waals surface area contributed by atoms with Crippen LogP contribution in [0.25, 0.3) is 0 Å². The number of hydrogen-bond donors (Lipinski definition) is 1. The largest absolute Gasteiger partial charge is 0.480 e. The Morgan fingerprint density at radius 2 is 1.88 bits per heavy atom. The molecule has 2 rings (SSSR count). The number of carboxylic acid groups (broad SMARTS) is 1. The molecular weight excluding hydrogens is 232 g/mol. The van der Waals surface area contributed by atoms with E-state index in [1.807, 2.05) is 0 Å². The van der Waals surface area contributed by atoms with Gasteiger partial charge in [0.1, 0.15) is 17.7 Å². The second-order valence-corrected chi connectivity index (χ2v) is 3.78. The average molecular weight is 241 g/mol. The topological polar surface area (TPSA) is 57.6 Å². The molecule has 1 fully saturated rings. The predicted molar refractivity (Wildman–Crippen MR) is 54.5 cm³/mol. The molecule has 0 radical (unpaired) electrons. The third-order valence-corrected chi connectivity index (χ3v) is 2.62. The fraction of sp³-hybridized carbons (Fsp3) is 0.273. The van der Waals surface area contributed by atoms with E-state index in [1.165, 1.54) is 0 Å². The first-order valence-electron chi connectivity index (χ1n) is 5.00. The number of benzene rings is 1. The molecule has 0 bridgehead atoms. The highest BCUT2D eigenvalue weighted by Gasteiger charge is 2.37. The van der Waals surface area contributed by atoms with Crippen molar-refractivity contribution in [1.29, 1.82) is 0 Å². The summed E-state index contributed by atoms with van der Waals surface area (Å²) >= 11 is 0. The quantitative estimate of drug-likeness (QED) is 0.854.